The standard InChI is InChI=1S/C32H55N9O11/c1-6-9-20(26(46)39-23(17(3)7-2)28(48)38-21(16-44)30(50)51)37-27(47)22-10-8-13-35-41(22)29(49)24(18(4)33)40-25(45)19(5)36-31(52)32(34,11-14-42)12-15-43/h13,18-22,24,42-44H,6-12,14-16,33-34H2,1-5H3,(H,36,52)(H,37,47)(H,38,48)(H,39,46)(H,40,45)(H,50,51). The van der Waals surface area contributed by atoms with Gasteiger partial charge in [0.15, 0.2) is 6.04 Å². The Bertz CT molecular complexity index is 1350. The Hall–Kier alpha value is -4.50. The largest absolute Gasteiger partial charge is 0.480 e. The number of allylic oxidation sites excluding steroid dienone is 1. The Morgan fingerprint density at radius 2 is 1.56 bits per heavy atom. The van der Waals surface area contributed by atoms with Crippen molar-refractivity contribution in [1.29, 1.82) is 0 Å². The van der Waals surface area contributed by atoms with Crippen LogP contribution >= 0.6 is 0 Å². The second kappa shape index (κ2) is 21.8. The molecule has 294 valence electrons. The highest BCUT2D eigenvalue weighted by Gasteiger charge is 2.40. The quantitative estimate of drug-likeness (QED) is 0.0508. The molecule has 0 spiro atoms. The molecule has 0 aromatic rings. The highest BCUT2D eigenvalue weighted by molar-refractivity contribution is 6.02. The number of aliphatic carboxylic acids is 1. The summed E-state index contributed by atoms with van der Waals surface area (Å²) in [6, 6.07) is -7.76. The topological polar surface area (TPSA) is 328 Å². The maximum absolute atomic E-state index is 13.8. The molecule has 6 amide bonds. The van der Waals surface area contributed by atoms with E-state index in [4.69, 9.17) is 11.5 Å². The zero-order valence-corrected chi connectivity index (χ0v) is 30.3. The number of nitrogens with one attached hydrogen (secondary N) is 5. The molecule has 20 heteroatoms. The van der Waals surface area contributed by atoms with Gasteiger partial charge in [-0.1, -0.05) is 20.3 Å². The van der Waals surface area contributed by atoms with Gasteiger partial charge in [0.05, 0.1) is 12.1 Å². The average Bonchev–Trinajstić information content (AvgIpc) is 3.10. The maximum atomic E-state index is 13.8. The summed E-state index contributed by atoms with van der Waals surface area (Å²) in [6.07, 6.45) is 2.21. The van der Waals surface area contributed by atoms with Gasteiger partial charge in [0.25, 0.3) is 11.8 Å². The van der Waals surface area contributed by atoms with Crippen LogP contribution in [0.25, 0.3) is 0 Å². The van der Waals surface area contributed by atoms with Gasteiger partial charge in [-0.15, -0.1) is 0 Å². The van der Waals surface area contributed by atoms with Crippen LogP contribution in [0.5, 0.6) is 0 Å². The Labute approximate surface area is 302 Å². The number of hydrogen-bond donors (Lipinski definition) is 11. The van der Waals surface area contributed by atoms with Crippen LogP contribution in [0.1, 0.15) is 79.6 Å². The molecule has 1 aliphatic heterocycles. The summed E-state index contributed by atoms with van der Waals surface area (Å²) in [7, 11) is 0. The van der Waals surface area contributed by atoms with E-state index in [9.17, 15) is 54.0 Å². The Kier molecular flexibility index (Phi) is 19.1. The molecule has 6 atom stereocenters. The van der Waals surface area contributed by atoms with Crippen molar-refractivity contribution in [3.63, 3.8) is 0 Å². The van der Waals surface area contributed by atoms with Crippen LogP contribution in [0, 0.1) is 0 Å². The third kappa shape index (κ3) is 12.9. The monoisotopic (exact) mass is 741 g/mol. The van der Waals surface area contributed by atoms with Crippen LogP contribution in [0.15, 0.2) is 16.4 Å². The van der Waals surface area contributed by atoms with Gasteiger partial charge in [0.1, 0.15) is 29.9 Å². The summed E-state index contributed by atoms with van der Waals surface area (Å²) in [6.45, 7) is 5.96. The van der Waals surface area contributed by atoms with Crippen molar-refractivity contribution in [3.05, 3.63) is 11.3 Å². The van der Waals surface area contributed by atoms with Gasteiger partial charge in [0.2, 0.25) is 23.6 Å². The lowest BCUT2D eigenvalue weighted by Crippen LogP contribution is -2.63. The molecule has 20 nitrogen and oxygen atoms in total. The number of rotatable bonds is 21. The molecule has 0 saturated heterocycles. The summed E-state index contributed by atoms with van der Waals surface area (Å²) in [5, 5.41) is 54.2. The molecule has 0 aromatic heterocycles. The minimum Gasteiger partial charge on any atom is -0.480 e. The van der Waals surface area contributed by atoms with Crippen molar-refractivity contribution >= 4 is 47.6 Å². The summed E-state index contributed by atoms with van der Waals surface area (Å²) in [5.74, 6) is -6.51. The SMILES string of the molecule is CCCC(NC(=O)C1CCC=NN1C(=O)C(NC(=O)C(C)NC(=O)C(N)(CCO)CCO)C(C)N)C(=O)NC(C(=O)NC(CO)C(=O)O)=C(C)CC. The van der Waals surface area contributed by atoms with Crippen LogP contribution < -0.4 is 38.1 Å². The predicted molar refractivity (Wildman–Crippen MR) is 186 cm³/mol. The number of hydrogen-bond acceptors (Lipinski definition) is 13. The minimum atomic E-state index is -1.66. The summed E-state index contributed by atoms with van der Waals surface area (Å²) in [4.78, 5) is 91.1. The third-order valence-corrected chi connectivity index (χ3v) is 8.43. The predicted octanol–water partition coefficient (Wildman–Crippen LogP) is -3.59. The highest BCUT2D eigenvalue weighted by Crippen LogP contribution is 2.17. The molecule has 0 fully saturated rings. The average molecular weight is 742 g/mol. The summed E-state index contributed by atoms with van der Waals surface area (Å²) in [5.41, 5.74) is 10.6. The van der Waals surface area contributed by atoms with Crippen LogP contribution in [0.4, 0.5) is 0 Å². The Morgan fingerprint density at radius 3 is 2.06 bits per heavy atom. The molecule has 0 radical (unpaired) electrons. The van der Waals surface area contributed by atoms with E-state index in [2.05, 4.69) is 31.7 Å². The van der Waals surface area contributed by atoms with E-state index >= 15 is 0 Å². The molecule has 1 heterocycles. The van der Waals surface area contributed by atoms with E-state index < -0.39 is 103 Å². The lowest BCUT2D eigenvalue weighted by atomic mass is 9.91. The fourth-order valence-corrected chi connectivity index (χ4v) is 5.02. The smallest absolute Gasteiger partial charge is 0.328 e. The van der Waals surface area contributed by atoms with Gasteiger partial charge in [0, 0.05) is 25.5 Å². The van der Waals surface area contributed by atoms with E-state index in [0.29, 0.717) is 18.4 Å². The number of hydrazone groups is 1. The maximum Gasteiger partial charge on any atom is 0.328 e. The fourth-order valence-electron chi connectivity index (χ4n) is 5.02. The van der Waals surface area contributed by atoms with E-state index in [0.717, 1.165) is 5.01 Å². The van der Waals surface area contributed by atoms with E-state index in [1.807, 2.05) is 0 Å². The number of amides is 6. The Morgan fingerprint density at radius 1 is 0.942 bits per heavy atom. The molecule has 0 aliphatic carbocycles. The number of carboxylic acid groups (broad SMARTS) is 1. The van der Waals surface area contributed by atoms with Crippen LogP contribution in [0.2, 0.25) is 0 Å². The number of aliphatic hydroxyl groups is 3. The third-order valence-electron chi connectivity index (χ3n) is 8.43. The van der Waals surface area contributed by atoms with Gasteiger partial charge >= 0.3 is 5.97 Å². The molecule has 6 unspecified atom stereocenters. The van der Waals surface area contributed by atoms with E-state index in [1.54, 1.807) is 20.8 Å². The lowest BCUT2D eigenvalue weighted by Gasteiger charge is -2.34. The molecule has 1 aliphatic rings. The normalized spacial score (nSPS) is 17.7. The van der Waals surface area contributed by atoms with Crippen molar-refractivity contribution in [3.8, 4) is 0 Å². The zero-order valence-electron chi connectivity index (χ0n) is 30.3. The number of carbonyl (C=O) groups is 7. The van der Waals surface area contributed by atoms with Crippen molar-refractivity contribution < 1.29 is 54.0 Å². The number of carboxylic acids is 1. The molecule has 0 bridgehead atoms. The number of aliphatic hydroxyl groups excluding tert-OH is 3. The number of nitrogens with two attached hydrogens (primary N) is 2. The number of carbonyl (C=O) groups excluding carboxylic acids is 6. The van der Waals surface area contributed by atoms with E-state index in [1.165, 1.54) is 20.1 Å². The molecular weight excluding hydrogens is 686 g/mol. The van der Waals surface area contributed by atoms with Crippen LogP contribution in [-0.2, 0) is 33.6 Å². The molecular formula is C32H55N9O11. The minimum absolute atomic E-state index is 0.0855. The lowest BCUT2D eigenvalue weighted by molar-refractivity contribution is -0.145. The zero-order chi connectivity index (χ0) is 39.8. The highest BCUT2D eigenvalue weighted by atomic mass is 16.4. The van der Waals surface area contributed by atoms with Crippen LogP contribution in [-0.4, -0.2) is 135 Å². The molecule has 1 rings (SSSR count). The molecule has 0 saturated carbocycles. The Balaban J connectivity index is 3.20. The van der Waals surface area contributed by atoms with Gasteiger partial charge in [-0.25, -0.2) is 9.80 Å². The van der Waals surface area contributed by atoms with Crippen molar-refractivity contribution in [2.24, 2.45) is 16.6 Å². The van der Waals surface area contributed by atoms with Crippen molar-refractivity contribution in [2.75, 3.05) is 19.8 Å². The van der Waals surface area contributed by atoms with Crippen LogP contribution in [0.3, 0.4) is 0 Å². The van der Waals surface area contributed by atoms with Gasteiger partial charge in [-0.3, -0.25) is 28.8 Å². The second-order valence-corrected chi connectivity index (χ2v) is 12.6. The molecule has 52 heavy (non-hydrogen) atoms. The number of nitrogens with zero attached hydrogens (tertiary/aromatic N) is 2. The molecule has 0 aromatic carbocycles. The van der Waals surface area contributed by atoms with Crippen molar-refractivity contribution in [2.45, 2.75) is 121 Å². The summed E-state index contributed by atoms with van der Waals surface area (Å²) < 4.78 is 0. The first-order chi connectivity index (χ1) is 24.4. The van der Waals surface area contributed by atoms with Gasteiger partial charge in [-0.05, 0) is 64.9 Å². The first-order valence-electron chi connectivity index (χ1n) is 17.1. The second-order valence-electron chi connectivity index (χ2n) is 12.6. The van der Waals surface area contributed by atoms with E-state index in [-0.39, 0.29) is 37.8 Å². The first-order valence-corrected chi connectivity index (χ1v) is 17.1. The first kappa shape index (κ1) is 45.5. The van der Waals surface area contributed by atoms with Gasteiger partial charge in [-0.2, -0.15) is 5.10 Å². The van der Waals surface area contributed by atoms with Crippen molar-refractivity contribution in [1.82, 2.24) is 31.6 Å². The summed E-state index contributed by atoms with van der Waals surface area (Å²) >= 11 is 0. The molecule has 13 N–H and O–H groups in total. The van der Waals surface area contributed by atoms with Gasteiger partial charge < -0.3 is 58.5 Å². The fraction of sp³-hybridized carbons (Fsp3) is 0.688.